The minimum Gasteiger partial charge on any atom is -0.401 e. The Labute approximate surface area is 164 Å². The number of hydrogen-bond acceptors (Lipinski definition) is 7. The van der Waals surface area contributed by atoms with E-state index in [4.69, 9.17) is 4.42 Å². The fourth-order valence-electron chi connectivity index (χ4n) is 2.50. The predicted molar refractivity (Wildman–Crippen MR) is 96.6 cm³/mol. The molecule has 0 saturated heterocycles. The molecule has 3 rings (SSSR count). The molecule has 0 N–H and O–H groups in total. The molecule has 1 aliphatic rings. The maximum Gasteiger partial charge on any atom is 0.435 e. The molecule has 0 spiro atoms. The van der Waals surface area contributed by atoms with Gasteiger partial charge in [0.05, 0.1) is 16.6 Å². The van der Waals surface area contributed by atoms with E-state index in [0.29, 0.717) is 5.01 Å². The van der Waals surface area contributed by atoms with Crippen LogP contribution in [0.5, 0.6) is 0 Å². The number of hydrogen-bond donors (Lipinski definition) is 0. The number of hydrazone groups is 1. The molecule has 1 aromatic heterocycles. The molecule has 0 aliphatic carbocycles. The van der Waals surface area contributed by atoms with Crippen molar-refractivity contribution in [1.29, 1.82) is 0 Å². The summed E-state index contributed by atoms with van der Waals surface area (Å²) in [5.41, 5.74) is -3.43. The van der Waals surface area contributed by atoms with E-state index in [-0.39, 0.29) is 5.76 Å². The molecule has 0 atom stereocenters. The summed E-state index contributed by atoms with van der Waals surface area (Å²) < 4.78 is 44.9. The van der Waals surface area contributed by atoms with Crippen LogP contribution < -0.4 is 5.01 Å². The molecule has 30 heavy (non-hydrogen) atoms. The zero-order valence-corrected chi connectivity index (χ0v) is 14.6. The van der Waals surface area contributed by atoms with Crippen molar-refractivity contribution in [2.45, 2.75) is 6.18 Å². The lowest BCUT2D eigenvalue weighted by molar-refractivity contribution is -0.402. The Kier molecular flexibility index (Phi) is 5.19. The minimum absolute atomic E-state index is 0.0370. The molecule has 2 heterocycles. The molecule has 0 radical (unpaired) electrons. The summed E-state index contributed by atoms with van der Waals surface area (Å²) >= 11 is 0. The van der Waals surface area contributed by atoms with E-state index in [1.54, 1.807) is 0 Å². The summed E-state index contributed by atoms with van der Waals surface area (Å²) in [7, 11) is 0. The average molecular weight is 422 g/mol. The van der Waals surface area contributed by atoms with Crippen LogP contribution in [0.25, 0.3) is 6.08 Å². The van der Waals surface area contributed by atoms with E-state index in [9.17, 15) is 38.2 Å². The zero-order valence-electron chi connectivity index (χ0n) is 14.6. The van der Waals surface area contributed by atoms with Crippen molar-refractivity contribution in [2.24, 2.45) is 5.10 Å². The highest BCUT2D eigenvalue weighted by molar-refractivity contribution is 6.32. The van der Waals surface area contributed by atoms with Crippen LogP contribution >= 0.6 is 0 Å². The lowest BCUT2D eigenvalue weighted by atomic mass is 10.1. The van der Waals surface area contributed by atoms with Gasteiger partial charge in [0.2, 0.25) is 0 Å². The van der Waals surface area contributed by atoms with Crippen molar-refractivity contribution < 1.29 is 32.2 Å². The molecule has 1 aromatic carbocycles. The van der Waals surface area contributed by atoms with Crippen LogP contribution in [-0.4, -0.2) is 27.6 Å². The number of furan rings is 1. The fraction of sp³-hybridized carbons (Fsp3) is 0.0588. The van der Waals surface area contributed by atoms with Gasteiger partial charge < -0.3 is 4.42 Å². The fourth-order valence-corrected chi connectivity index (χ4v) is 2.50. The Morgan fingerprint density at radius 1 is 1.07 bits per heavy atom. The number of nitrogens with zero attached hydrogens (tertiary/aromatic N) is 4. The van der Waals surface area contributed by atoms with Gasteiger partial charge in [-0.05, 0) is 24.3 Å². The van der Waals surface area contributed by atoms with Gasteiger partial charge in [0.15, 0.2) is 5.71 Å². The monoisotopic (exact) mass is 422 g/mol. The molecule has 13 heteroatoms. The van der Waals surface area contributed by atoms with E-state index >= 15 is 0 Å². The second-order valence-corrected chi connectivity index (χ2v) is 5.68. The van der Waals surface area contributed by atoms with E-state index in [0.717, 1.165) is 36.4 Å². The average Bonchev–Trinajstić information content (AvgIpc) is 3.27. The van der Waals surface area contributed by atoms with Crippen LogP contribution in [0.2, 0.25) is 0 Å². The highest BCUT2D eigenvalue weighted by Gasteiger charge is 2.47. The van der Waals surface area contributed by atoms with Gasteiger partial charge in [-0.3, -0.25) is 25.0 Å². The molecule has 10 nitrogen and oxygen atoms in total. The second kappa shape index (κ2) is 7.62. The molecule has 0 unspecified atom stereocenters. The Morgan fingerprint density at radius 3 is 2.37 bits per heavy atom. The Bertz CT molecular complexity index is 1130. The molecule has 2 aromatic rings. The molecular formula is C17H9F3N4O6. The van der Waals surface area contributed by atoms with Gasteiger partial charge in [0, 0.05) is 6.07 Å². The van der Waals surface area contributed by atoms with E-state index < -0.39 is 50.5 Å². The van der Waals surface area contributed by atoms with Crippen molar-refractivity contribution in [1.82, 2.24) is 0 Å². The van der Waals surface area contributed by atoms with E-state index in [1.165, 1.54) is 18.2 Å². The number of nitro groups is 2. The van der Waals surface area contributed by atoms with Crippen LogP contribution in [0.1, 0.15) is 5.76 Å². The minimum atomic E-state index is -5.02. The van der Waals surface area contributed by atoms with Crippen LogP contribution in [0.3, 0.4) is 0 Å². The number of amides is 1. The summed E-state index contributed by atoms with van der Waals surface area (Å²) in [5, 5.41) is 25.3. The number of allylic oxidation sites excluding steroid dienone is 2. The molecule has 154 valence electrons. The molecule has 0 bridgehead atoms. The zero-order chi connectivity index (χ0) is 22.1. The van der Waals surface area contributed by atoms with Gasteiger partial charge in [0.1, 0.15) is 16.4 Å². The van der Waals surface area contributed by atoms with Gasteiger partial charge in [0.25, 0.3) is 11.6 Å². The van der Waals surface area contributed by atoms with Gasteiger partial charge in [-0.25, -0.2) is 0 Å². The van der Waals surface area contributed by atoms with Crippen molar-refractivity contribution >= 4 is 35.0 Å². The number of anilines is 1. The normalized spacial score (nSPS) is 15.8. The number of carbonyl (C=O) groups excluding carboxylic acids is 1. The Morgan fingerprint density at radius 2 is 1.77 bits per heavy atom. The summed E-state index contributed by atoms with van der Waals surface area (Å²) in [6.07, 6.45) is -2.11. The van der Waals surface area contributed by atoms with Crippen LogP contribution in [-0.2, 0) is 4.79 Å². The van der Waals surface area contributed by atoms with E-state index in [1.807, 2.05) is 0 Å². The molecule has 0 saturated carbocycles. The Hall–Kier alpha value is -4.29. The first-order valence-corrected chi connectivity index (χ1v) is 7.96. The van der Waals surface area contributed by atoms with Crippen molar-refractivity contribution in [3.8, 4) is 0 Å². The van der Waals surface area contributed by atoms with Gasteiger partial charge >= 0.3 is 12.1 Å². The second-order valence-electron chi connectivity index (χ2n) is 5.68. The first kappa shape index (κ1) is 20.4. The van der Waals surface area contributed by atoms with Crippen molar-refractivity contribution in [3.05, 3.63) is 80.1 Å². The van der Waals surface area contributed by atoms with Gasteiger partial charge in [-0.1, -0.05) is 18.2 Å². The highest BCUT2D eigenvalue weighted by Crippen LogP contribution is 2.35. The van der Waals surface area contributed by atoms with Crippen LogP contribution in [0.15, 0.2) is 63.6 Å². The first-order chi connectivity index (χ1) is 14.1. The summed E-state index contributed by atoms with van der Waals surface area (Å²) in [5.74, 6) is -1.84. The summed E-state index contributed by atoms with van der Waals surface area (Å²) in [6.45, 7) is 0. The number of carbonyl (C=O) groups is 1. The summed E-state index contributed by atoms with van der Waals surface area (Å²) in [4.78, 5) is 32.6. The van der Waals surface area contributed by atoms with E-state index in [2.05, 4.69) is 5.10 Å². The standard InChI is InChI=1S/C17H9F3N4O6/c18-17(19,20)15-11(5-3-4-10-8-9-14(30-10)24(28)29)16(25)22(21-15)12-6-1-2-7-13(12)23(26)27/h1-9H/b4-3-,11-5-. The van der Waals surface area contributed by atoms with Crippen LogP contribution in [0.4, 0.5) is 30.4 Å². The van der Waals surface area contributed by atoms with Gasteiger partial charge in [-0.2, -0.15) is 23.3 Å². The topological polar surface area (TPSA) is 132 Å². The molecule has 1 amide bonds. The number of halogens is 3. The first-order valence-electron chi connectivity index (χ1n) is 7.96. The molecule has 1 aliphatic heterocycles. The quantitative estimate of drug-likeness (QED) is 0.406. The van der Waals surface area contributed by atoms with Crippen LogP contribution in [0, 0.1) is 20.2 Å². The third kappa shape index (κ3) is 3.94. The number of alkyl halides is 3. The number of para-hydroxylation sites is 2. The third-order valence-corrected chi connectivity index (χ3v) is 3.77. The largest absolute Gasteiger partial charge is 0.435 e. The highest BCUT2D eigenvalue weighted by atomic mass is 19.4. The molecular weight excluding hydrogens is 413 g/mol. The Balaban J connectivity index is 1.98. The third-order valence-electron chi connectivity index (χ3n) is 3.77. The molecule has 0 fully saturated rings. The maximum absolute atomic E-state index is 13.4. The summed E-state index contributed by atoms with van der Waals surface area (Å²) in [6, 6.07) is 6.97. The number of benzene rings is 1. The smallest absolute Gasteiger partial charge is 0.401 e. The number of rotatable bonds is 5. The predicted octanol–water partition coefficient (Wildman–Crippen LogP) is 4.00. The lowest BCUT2D eigenvalue weighted by Gasteiger charge is -2.11. The lowest BCUT2D eigenvalue weighted by Crippen LogP contribution is -2.25. The maximum atomic E-state index is 13.4. The number of nitro benzene ring substituents is 1. The van der Waals surface area contributed by atoms with Gasteiger partial charge in [-0.15, -0.1) is 0 Å². The van der Waals surface area contributed by atoms with Crippen molar-refractivity contribution in [2.75, 3.05) is 5.01 Å². The SMILES string of the molecule is O=C1/C(=C\C=C/c2ccc([N+](=O)[O-])o2)C(C(F)(F)F)=NN1c1ccccc1[N+](=O)[O-]. The van der Waals surface area contributed by atoms with Crippen molar-refractivity contribution in [3.63, 3.8) is 0 Å².